The fourth-order valence-electron chi connectivity index (χ4n) is 3.17. The molecular formula is C23H22Cl2N2O3S. The third-order valence-corrected chi connectivity index (χ3v) is 6.38. The van der Waals surface area contributed by atoms with Gasteiger partial charge in [-0.2, -0.15) is 0 Å². The number of nitrogens with one attached hydrogen (secondary N) is 1. The van der Waals surface area contributed by atoms with E-state index in [0.29, 0.717) is 5.02 Å². The molecule has 0 aliphatic carbocycles. The summed E-state index contributed by atoms with van der Waals surface area (Å²) in [6.07, 6.45) is 1.03. The van der Waals surface area contributed by atoms with Crippen LogP contribution in [-0.2, 0) is 14.8 Å². The SMILES string of the molecule is Cc1ccc([C@H](NC(=O)CN(c2ccc(Cl)cc2Cl)S(C)(=O)=O)c2ccccc2)cc1. The van der Waals surface area contributed by atoms with Gasteiger partial charge in [-0.05, 0) is 36.2 Å². The molecule has 0 aliphatic rings. The van der Waals surface area contributed by atoms with Crippen LogP contribution in [0.5, 0.6) is 0 Å². The van der Waals surface area contributed by atoms with E-state index in [4.69, 9.17) is 23.2 Å². The van der Waals surface area contributed by atoms with Crippen LogP contribution < -0.4 is 9.62 Å². The molecule has 0 fully saturated rings. The highest BCUT2D eigenvalue weighted by Crippen LogP contribution is 2.30. The van der Waals surface area contributed by atoms with Crippen molar-refractivity contribution in [2.45, 2.75) is 13.0 Å². The van der Waals surface area contributed by atoms with Gasteiger partial charge in [0.25, 0.3) is 0 Å². The monoisotopic (exact) mass is 476 g/mol. The zero-order valence-corrected chi connectivity index (χ0v) is 19.4. The lowest BCUT2D eigenvalue weighted by Crippen LogP contribution is -2.42. The number of amides is 1. The predicted molar refractivity (Wildman–Crippen MR) is 126 cm³/mol. The van der Waals surface area contributed by atoms with Crippen molar-refractivity contribution in [3.8, 4) is 0 Å². The second kappa shape index (κ2) is 9.73. The topological polar surface area (TPSA) is 66.5 Å². The molecule has 0 spiro atoms. The molecule has 8 heteroatoms. The third kappa shape index (κ3) is 6.00. The van der Waals surface area contributed by atoms with E-state index >= 15 is 0 Å². The van der Waals surface area contributed by atoms with Gasteiger partial charge in [-0.15, -0.1) is 0 Å². The highest BCUT2D eigenvalue weighted by atomic mass is 35.5. The number of carbonyl (C=O) groups excluding carboxylic acids is 1. The second-order valence-electron chi connectivity index (χ2n) is 7.19. The Hall–Kier alpha value is -2.54. The number of anilines is 1. The smallest absolute Gasteiger partial charge is 0.241 e. The number of hydrogen-bond donors (Lipinski definition) is 1. The molecule has 3 aromatic carbocycles. The first-order valence-corrected chi connectivity index (χ1v) is 12.1. The zero-order valence-electron chi connectivity index (χ0n) is 17.0. The summed E-state index contributed by atoms with van der Waals surface area (Å²) in [5, 5.41) is 3.47. The van der Waals surface area contributed by atoms with Crippen molar-refractivity contribution >= 4 is 44.8 Å². The van der Waals surface area contributed by atoms with Gasteiger partial charge in [0.15, 0.2) is 0 Å². The number of sulfonamides is 1. The molecule has 1 atom stereocenters. The number of carbonyl (C=O) groups is 1. The van der Waals surface area contributed by atoms with Crippen molar-refractivity contribution < 1.29 is 13.2 Å². The van der Waals surface area contributed by atoms with Crippen LogP contribution in [0, 0.1) is 6.92 Å². The van der Waals surface area contributed by atoms with Crippen LogP contribution in [0.15, 0.2) is 72.8 Å². The van der Waals surface area contributed by atoms with Crippen LogP contribution in [-0.4, -0.2) is 27.1 Å². The first-order chi connectivity index (χ1) is 14.6. The Kier molecular flexibility index (Phi) is 7.26. The van der Waals surface area contributed by atoms with E-state index in [2.05, 4.69) is 5.32 Å². The predicted octanol–water partition coefficient (Wildman–Crippen LogP) is 4.97. The average Bonchev–Trinajstić information content (AvgIpc) is 2.71. The summed E-state index contributed by atoms with van der Waals surface area (Å²) in [7, 11) is -3.77. The van der Waals surface area contributed by atoms with Crippen LogP contribution in [0.3, 0.4) is 0 Å². The molecule has 0 unspecified atom stereocenters. The van der Waals surface area contributed by atoms with E-state index in [1.807, 2.05) is 61.5 Å². The number of nitrogens with zero attached hydrogens (tertiary/aromatic N) is 1. The van der Waals surface area contributed by atoms with E-state index in [0.717, 1.165) is 27.3 Å². The van der Waals surface area contributed by atoms with Gasteiger partial charge in [0.1, 0.15) is 6.54 Å². The molecule has 1 N–H and O–H groups in total. The Bertz CT molecular complexity index is 1170. The molecule has 0 bridgehead atoms. The van der Waals surface area contributed by atoms with Crippen LogP contribution in [0.25, 0.3) is 0 Å². The summed E-state index contributed by atoms with van der Waals surface area (Å²) < 4.78 is 25.8. The quantitative estimate of drug-likeness (QED) is 0.523. The van der Waals surface area contributed by atoms with E-state index in [1.54, 1.807) is 0 Å². The fourth-order valence-corrected chi connectivity index (χ4v) is 4.59. The molecule has 0 saturated carbocycles. The van der Waals surface area contributed by atoms with E-state index in [9.17, 15) is 13.2 Å². The van der Waals surface area contributed by atoms with Crippen LogP contribution in [0.4, 0.5) is 5.69 Å². The number of hydrogen-bond acceptors (Lipinski definition) is 3. The Morgan fingerprint density at radius 3 is 2.16 bits per heavy atom. The molecule has 162 valence electrons. The molecule has 31 heavy (non-hydrogen) atoms. The lowest BCUT2D eigenvalue weighted by molar-refractivity contribution is -0.120. The minimum atomic E-state index is -3.77. The molecule has 0 radical (unpaired) electrons. The molecule has 3 aromatic rings. The number of halogens is 2. The van der Waals surface area contributed by atoms with Gasteiger partial charge >= 0.3 is 0 Å². The minimum absolute atomic E-state index is 0.142. The van der Waals surface area contributed by atoms with Crippen molar-refractivity contribution in [3.63, 3.8) is 0 Å². The van der Waals surface area contributed by atoms with Gasteiger partial charge in [0.05, 0.1) is 23.0 Å². The van der Waals surface area contributed by atoms with Gasteiger partial charge in [0, 0.05) is 5.02 Å². The summed E-state index contributed by atoms with van der Waals surface area (Å²) in [6.45, 7) is 1.56. The maximum absolute atomic E-state index is 13.0. The largest absolute Gasteiger partial charge is 0.344 e. The molecule has 0 saturated heterocycles. The van der Waals surface area contributed by atoms with E-state index in [1.165, 1.54) is 18.2 Å². The standard InChI is InChI=1S/C23H22Cl2N2O3S/c1-16-8-10-18(11-9-16)23(17-6-4-3-5-7-17)26-22(28)15-27(31(2,29)30)21-13-12-19(24)14-20(21)25/h3-14,23H,15H2,1-2H3,(H,26,28)/t23-/m1/s1. The summed E-state index contributed by atoms with van der Waals surface area (Å²) in [6, 6.07) is 21.3. The highest BCUT2D eigenvalue weighted by Gasteiger charge is 2.25. The Balaban J connectivity index is 1.90. The number of rotatable bonds is 7. The van der Waals surface area contributed by atoms with Crippen molar-refractivity contribution in [1.29, 1.82) is 0 Å². The Labute approximate surface area is 192 Å². The van der Waals surface area contributed by atoms with E-state index in [-0.39, 0.29) is 10.7 Å². The van der Waals surface area contributed by atoms with Crippen LogP contribution >= 0.6 is 23.2 Å². The van der Waals surface area contributed by atoms with Crippen molar-refractivity contribution in [2.75, 3.05) is 17.1 Å². The second-order valence-corrected chi connectivity index (χ2v) is 9.94. The van der Waals surface area contributed by atoms with Crippen molar-refractivity contribution in [1.82, 2.24) is 5.32 Å². The van der Waals surface area contributed by atoms with Crippen LogP contribution in [0.2, 0.25) is 10.0 Å². The fraction of sp³-hybridized carbons (Fsp3) is 0.174. The molecule has 0 heterocycles. The lowest BCUT2D eigenvalue weighted by Gasteiger charge is -2.25. The molecular weight excluding hydrogens is 455 g/mol. The van der Waals surface area contributed by atoms with E-state index < -0.39 is 28.5 Å². The average molecular weight is 477 g/mol. The Morgan fingerprint density at radius 1 is 0.968 bits per heavy atom. The molecule has 1 amide bonds. The summed E-state index contributed by atoms with van der Waals surface area (Å²) in [5.74, 6) is -0.467. The summed E-state index contributed by atoms with van der Waals surface area (Å²) in [5.41, 5.74) is 3.06. The first-order valence-electron chi connectivity index (χ1n) is 9.49. The number of aryl methyl sites for hydroxylation is 1. The highest BCUT2D eigenvalue weighted by molar-refractivity contribution is 7.92. The van der Waals surface area contributed by atoms with Gasteiger partial charge < -0.3 is 5.32 Å². The van der Waals surface area contributed by atoms with Crippen LogP contribution in [0.1, 0.15) is 22.7 Å². The third-order valence-electron chi connectivity index (χ3n) is 4.71. The van der Waals surface area contributed by atoms with Crippen molar-refractivity contribution in [2.24, 2.45) is 0 Å². The molecule has 3 rings (SSSR count). The maximum atomic E-state index is 13.0. The zero-order chi connectivity index (χ0) is 22.6. The molecule has 0 aliphatic heterocycles. The van der Waals surface area contributed by atoms with Gasteiger partial charge in [-0.1, -0.05) is 83.4 Å². The minimum Gasteiger partial charge on any atom is -0.344 e. The first kappa shape index (κ1) is 23.1. The van der Waals surface area contributed by atoms with Crippen molar-refractivity contribution in [3.05, 3.63) is 99.5 Å². The summed E-state index contributed by atoms with van der Waals surface area (Å²) >= 11 is 12.1. The molecule has 0 aromatic heterocycles. The Morgan fingerprint density at radius 2 is 1.58 bits per heavy atom. The van der Waals surface area contributed by atoms with Gasteiger partial charge in [-0.25, -0.2) is 8.42 Å². The molecule has 5 nitrogen and oxygen atoms in total. The maximum Gasteiger partial charge on any atom is 0.241 e. The lowest BCUT2D eigenvalue weighted by atomic mass is 9.98. The van der Waals surface area contributed by atoms with Gasteiger partial charge in [-0.3, -0.25) is 9.10 Å². The van der Waals surface area contributed by atoms with Gasteiger partial charge in [0.2, 0.25) is 15.9 Å². The number of benzene rings is 3. The summed E-state index contributed by atoms with van der Waals surface area (Å²) in [4.78, 5) is 13.0. The normalized spacial score (nSPS) is 12.3.